The summed E-state index contributed by atoms with van der Waals surface area (Å²) in [6.45, 7) is 4.51. The molecule has 1 atom stereocenters. The van der Waals surface area contributed by atoms with Gasteiger partial charge in [0.05, 0.1) is 12.5 Å². The highest BCUT2D eigenvalue weighted by atomic mass is 16.3. The predicted molar refractivity (Wildman–Crippen MR) is 73.2 cm³/mol. The molecule has 2 N–H and O–H groups in total. The number of hydrogen-bond acceptors (Lipinski definition) is 2. The summed E-state index contributed by atoms with van der Waals surface area (Å²) in [7, 11) is 0. The highest BCUT2D eigenvalue weighted by molar-refractivity contribution is 5.78. The smallest absolute Gasteiger partial charge is 0.225 e. The van der Waals surface area contributed by atoms with Crippen molar-refractivity contribution in [1.29, 1.82) is 0 Å². The Morgan fingerprint density at radius 2 is 1.83 bits per heavy atom. The topological polar surface area (TPSA) is 49.3 Å². The van der Waals surface area contributed by atoms with Gasteiger partial charge in [0.2, 0.25) is 5.91 Å². The minimum Gasteiger partial charge on any atom is -0.396 e. The normalized spacial score (nSPS) is 12.2. The molecule has 0 aliphatic carbocycles. The number of nitrogens with one attached hydrogen (secondary N) is 1. The fourth-order valence-electron chi connectivity index (χ4n) is 1.84. The minimum absolute atomic E-state index is 0.0716. The molecule has 18 heavy (non-hydrogen) atoms. The molecule has 0 radical (unpaired) electrons. The Hall–Kier alpha value is -1.35. The molecule has 0 heterocycles. The van der Waals surface area contributed by atoms with Crippen LogP contribution in [0.2, 0.25) is 0 Å². The van der Waals surface area contributed by atoms with Gasteiger partial charge in [0.25, 0.3) is 0 Å². The Balaban J connectivity index is 2.45. The molecule has 0 spiro atoms. The van der Waals surface area contributed by atoms with Gasteiger partial charge in [0, 0.05) is 6.54 Å². The maximum absolute atomic E-state index is 11.7. The molecule has 0 fully saturated rings. The molecule has 3 heteroatoms. The third kappa shape index (κ3) is 4.49. The Morgan fingerprint density at radius 1 is 1.22 bits per heavy atom. The van der Waals surface area contributed by atoms with E-state index in [9.17, 15) is 4.79 Å². The third-order valence-electron chi connectivity index (χ3n) is 3.11. The van der Waals surface area contributed by atoms with Crippen LogP contribution in [0.3, 0.4) is 0 Å². The van der Waals surface area contributed by atoms with Gasteiger partial charge in [-0.2, -0.15) is 0 Å². The van der Waals surface area contributed by atoms with Crippen LogP contribution in [0.5, 0.6) is 0 Å². The van der Waals surface area contributed by atoms with Crippen LogP contribution < -0.4 is 5.32 Å². The van der Waals surface area contributed by atoms with E-state index in [2.05, 4.69) is 24.4 Å². The average molecular weight is 249 g/mol. The van der Waals surface area contributed by atoms with Gasteiger partial charge in [-0.15, -0.1) is 0 Å². The van der Waals surface area contributed by atoms with Crippen molar-refractivity contribution in [2.24, 2.45) is 5.92 Å². The zero-order valence-electron chi connectivity index (χ0n) is 11.3. The quantitative estimate of drug-likeness (QED) is 0.779. The standard InChI is InChI=1S/C15H23NO2/c1-3-5-12-6-8-13(9-7-12)10-16-15(18)14(4-2)11-17/h6-9,14,17H,3-5,10-11H2,1-2H3,(H,16,18). The molecular formula is C15H23NO2. The van der Waals surface area contributed by atoms with Crippen molar-refractivity contribution in [2.75, 3.05) is 6.61 Å². The summed E-state index contributed by atoms with van der Waals surface area (Å²) in [6, 6.07) is 8.30. The number of amides is 1. The Labute approximate surface area is 109 Å². The first kappa shape index (κ1) is 14.7. The maximum atomic E-state index is 11.7. The predicted octanol–water partition coefficient (Wildman–Crippen LogP) is 2.27. The summed E-state index contributed by atoms with van der Waals surface area (Å²) in [6.07, 6.45) is 2.90. The molecular weight excluding hydrogens is 226 g/mol. The summed E-state index contributed by atoms with van der Waals surface area (Å²) in [4.78, 5) is 11.7. The summed E-state index contributed by atoms with van der Waals surface area (Å²) >= 11 is 0. The number of carbonyl (C=O) groups is 1. The first-order valence-electron chi connectivity index (χ1n) is 6.67. The van der Waals surface area contributed by atoms with Gasteiger partial charge >= 0.3 is 0 Å². The summed E-state index contributed by atoms with van der Waals surface area (Å²) < 4.78 is 0. The number of aryl methyl sites for hydroxylation is 1. The number of benzene rings is 1. The van der Waals surface area contributed by atoms with E-state index < -0.39 is 0 Å². The minimum atomic E-state index is -0.288. The average Bonchev–Trinajstić information content (AvgIpc) is 2.40. The van der Waals surface area contributed by atoms with Crippen molar-refractivity contribution in [2.45, 2.75) is 39.7 Å². The third-order valence-corrected chi connectivity index (χ3v) is 3.11. The largest absolute Gasteiger partial charge is 0.396 e. The number of rotatable bonds is 7. The fourth-order valence-corrected chi connectivity index (χ4v) is 1.84. The van der Waals surface area contributed by atoms with Crippen molar-refractivity contribution in [3.8, 4) is 0 Å². The molecule has 0 bridgehead atoms. The van der Waals surface area contributed by atoms with Crippen LogP contribution in [-0.4, -0.2) is 17.6 Å². The van der Waals surface area contributed by atoms with Crippen LogP contribution in [0.15, 0.2) is 24.3 Å². The molecule has 100 valence electrons. The van der Waals surface area contributed by atoms with Gasteiger partial charge < -0.3 is 10.4 Å². The Morgan fingerprint density at radius 3 is 2.33 bits per heavy atom. The van der Waals surface area contributed by atoms with Crippen LogP contribution in [0.4, 0.5) is 0 Å². The van der Waals surface area contributed by atoms with Crippen molar-refractivity contribution in [3.63, 3.8) is 0 Å². The van der Waals surface area contributed by atoms with E-state index in [4.69, 9.17) is 5.11 Å². The molecule has 3 nitrogen and oxygen atoms in total. The zero-order chi connectivity index (χ0) is 13.4. The lowest BCUT2D eigenvalue weighted by Gasteiger charge is -2.12. The van der Waals surface area contributed by atoms with Crippen LogP contribution in [0, 0.1) is 5.92 Å². The molecule has 1 unspecified atom stereocenters. The van der Waals surface area contributed by atoms with E-state index in [1.807, 2.05) is 19.1 Å². The molecule has 1 rings (SSSR count). The summed E-state index contributed by atoms with van der Waals surface area (Å²) in [5.41, 5.74) is 2.42. The lowest BCUT2D eigenvalue weighted by molar-refractivity contribution is -0.126. The number of aliphatic hydroxyl groups excluding tert-OH is 1. The zero-order valence-corrected chi connectivity index (χ0v) is 11.3. The van der Waals surface area contributed by atoms with Gasteiger partial charge in [-0.3, -0.25) is 4.79 Å². The number of aliphatic hydroxyl groups is 1. The van der Waals surface area contributed by atoms with E-state index in [0.29, 0.717) is 13.0 Å². The second-order valence-corrected chi connectivity index (χ2v) is 4.57. The van der Waals surface area contributed by atoms with Crippen LogP contribution in [0.1, 0.15) is 37.8 Å². The van der Waals surface area contributed by atoms with E-state index in [1.165, 1.54) is 5.56 Å². The summed E-state index contributed by atoms with van der Waals surface area (Å²) in [5, 5.41) is 11.9. The van der Waals surface area contributed by atoms with Crippen molar-refractivity contribution in [3.05, 3.63) is 35.4 Å². The van der Waals surface area contributed by atoms with Crippen LogP contribution >= 0.6 is 0 Å². The number of hydrogen-bond donors (Lipinski definition) is 2. The van der Waals surface area contributed by atoms with Gasteiger partial charge in [0.1, 0.15) is 0 Å². The SMILES string of the molecule is CCCc1ccc(CNC(=O)C(CC)CO)cc1. The second-order valence-electron chi connectivity index (χ2n) is 4.57. The van der Waals surface area contributed by atoms with Crippen LogP contribution in [0.25, 0.3) is 0 Å². The first-order valence-corrected chi connectivity index (χ1v) is 6.67. The van der Waals surface area contributed by atoms with Gasteiger partial charge in [-0.1, -0.05) is 44.5 Å². The molecule has 0 saturated carbocycles. The van der Waals surface area contributed by atoms with Gasteiger partial charge in [0.15, 0.2) is 0 Å². The monoisotopic (exact) mass is 249 g/mol. The highest BCUT2D eigenvalue weighted by Crippen LogP contribution is 2.07. The fraction of sp³-hybridized carbons (Fsp3) is 0.533. The van der Waals surface area contributed by atoms with E-state index >= 15 is 0 Å². The maximum Gasteiger partial charge on any atom is 0.225 e. The van der Waals surface area contributed by atoms with Crippen molar-refractivity contribution >= 4 is 5.91 Å². The molecule has 1 aromatic rings. The Bertz CT molecular complexity index is 355. The lowest BCUT2D eigenvalue weighted by atomic mass is 10.1. The first-order chi connectivity index (χ1) is 8.71. The van der Waals surface area contributed by atoms with Crippen LogP contribution in [-0.2, 0) is 17.8 Å². The molecule has 1 aromatic carbocycles. The van der Waals surface area contributed by atoms with E-state index in [-0.39, 0.29) is 18.4 Å². The molecule has 0 aliphatic heterocycles. The summed E-state index contributed by atoms with van der Waals surface area (Å²) in [5.74, 6) is -0.359. The van der Waals surface area contributed by atoms with Gasteiger partial charge in [-0.25, -0.2) is 0 Å². The lowest BCUT2D eigenvalue weighted by Crippen LogP contribution is -2.31. The second kappa shape index (κ2) is 7.88. The molecule has 0 aromatic heterocycles. The van der Waals surface area contributed by atoms with Crippen molar-refractivity contribution < 1.29 is 9.90 Å². The Kier molecular flexibility index (Phi) is 6.44. The highest BCUT2D eigenvalue weighted by Gasteiger charge is 2.14. The van der Waals surface area contributed by atoms with E-state index in [0.717, 1.165) is 18.4 Å². The van der Waals surface area contributed by atoms with Crippen molar-refractivity contribution in [1.82, 2.24) is 5.32 Å². The van der Waals surface area contributed by atoms with Gasteiger partial charge in [-0.05, 0) is 24.0 Å². The number of carbonyl (C=O) groups excluding carboxylic acids is 1. The molecule has 0 saturated heterocycles. The molecule has 1 amide bonds. The van der Waals surface area contributed by atoms with E-state index in [1.54, 1.807) is 0 Å². The molecule has 0 aliphatic rings.